The van der Waals surface area contributed by atoms with Crippen LogP contribution in [-0.2, 0) is 17.8 Å². The molecule has 1 aliphatic rings. The minimum Gasteiger partial charge on any atom is -0.550 e. The van der Waals surface area contributed by atoms with E-state index in [1.165, 1.54) is 16.6 Å². The molecule has 0 aliphatic carbocycles. The molecule has 0 aromatic heterocycles. The predicted molar refractivity (Wildman–Crippen MR) is 128 cm³/mol. The van der Waals surface area contributed by atoms with Crippen molar-refractivity contribution in [2.45, 2.75) is 24.3 Å². The number of ether oxygens (including phenoxy) is 1. The van der Waals surface area contributed by atoms with Crippen LogP contribution in [0.25, 0.3) is 0 Å². The number of carbonyl (C=O) groups is 1. The van der Waals surface area contributed by atoms with Crippen LogP contribution in [-0.4, -0.2) is 31.4 Å². The fraction of sp³-hybridized carbons (Fsp3) is 0.269. The fourth-order valence-electron chi connectivity index (χ4n) is 3.82. The van der Waals surface area contributed by atoms with Gasteiger partial charge in [-0.3, -0.25) is 0 Å². The van der Waals surface area contributed by atoms with Gasteiger partial charge >= 0.3 is 29.6 Å². The molecule has 3 aromatic rings. The number of hydrogen-bond acceptors (Lipinski definition) is 6. The van der Waals surface area contributed by atoms with Gasteiger partial charge in [-0.25, -0.2) is 4.39 Å². The van der Waals surface area contributed by atoms with Crippen molar-refractivity contribution >= 4 is 29.1 Å². The maximum absolute atomic E-state index is 14.3. The maximum Gasteiger partial charge on any atom is 1.00 e. The Morgan fingerprint density at radius 2 is 1.91 bits per heavy atom. The second-order valence-corrected chi connectivity index (χ2v) is 8.90. The van der Waals surface area contributed by atoms with Crippen LogP contribution < -0.4 is 49.6 Å². The number of fused-ring (bicyclic) bond motifs is 1. The minimum absolute atomic E-state index is 0. The maximum atomic E-state index is 14.3. The van der Waals surface area contributed by atoms with Gasteiger partial charge in [-0.2, -0.15) is 0 Å². The number of para-hydroxylation sites is 1. The van der Waals surface area contributed by atoms with E-state index in [2.05, 4.69) is 28.4 Å². The summed E-state index contributed by atoms with van der Waals surface area (Å²) in [5.74, 6) is 0.288. The monoisotopic (exact) mass is 488 g/mol. The number of rotatable bonds is 10. The van der Waals surface area contributed by atoms with Crippen molar-refractivity contribution in [3.8, 4) is 5.75 Å². The van der Waals surface area contributed by atoms with E-state index < -0.39 is 11.8 Å². The van der Waals surface area contributed by atoms with Crippen molar-refractivity contribution in [3.05, 3.63) is 83.7 Å². The zero-order valence-corrected chi connectivity index (χ0v) is 22.1. The summed E-state index contributed by atoms with van der Waals surface area (Å²) < 4.78 is 20.2. The van der Waals surface area contributed by atoms with Gasteiger partial charge in [0.15, 0.2) is 0 Å². The van der Waals surface area contributed by atoms with E-state index in [1.807, 2.05) is 42.1 Å². The van der Waals surface area contributed by atoms with Gasteiger partial charge in [0.05, 0.1) is 12.2 Å². The van der Waals surface area contributed by atoms with Gasteiger partial charge in [-0.15, -0.1) is 11.8 Å². The van der Waals surface area contributed by atoms with Crippen molar-refractivity contribution < 1.29 is 48.6 Å². The van der Waals surface area contributed by atoms with E-state index >= 15 is 0 Å². The SMILES string of the molecule is O=C([O-])CCc1ccc(NCc2cccc3c2SCCN3CCOc2ccccc2)cc1F.[Na+]. The number of carboxylic acid groups (broad SMARTS) is 1. The van der Waals surface area contributed by atoms with Crippen molar-refractivity contribution in [1.82, 2.24) is 0 Å². The zero-order chi connectivity index (χ0) is 23.0. The third-order valence-corrected chi connectivity index (χ3v) is 6.68. The molecule has 0 fully saturated rings. The second kappa shape index (κ2) is 13.0. The summed E-state index contributed by atoms with van der Waals surface area (Å²) in [6, 6.07) is 20.9. The van der Waals surface area contributed by atoms with E-state index in [4.69, 9.17) is 4.74 Å². The fourth-order valence-corrected chi connectivity index (χ4v) is 5.01. The molecule has 0 amide bonds. The summed E-state index contributed by atoms with van der Waals surface area (Å²) >= 11 is 1.84. The van der Waals surface area contributed by atoms with Gasteiger partial charge in [0, 0.05) is 35.4 Å². The van der Waals surface area contributed by atoms with Crippen LogP contribution in [0.5, 0.6) is 5.75 Å². The predicted octanol–water partition coefficient (Wildman–Crippen LogP) is 1.12. The number of nitrogens with one attached hydrogen (secondary N) is 1. The van der Waals surface area contributed by atoms with Gasteiger partial charge in [-0.05, 0) is 54.3 Å². The molecule has 0 saturated heterocycles. The molecule has 0 unspecified atom stereocenters. The average Bonchev–Trinajstić information content (AvgIpc) is 2.83. The molecule has 1 aliphatic heterocycles. The molecule has 0 radical (unpaired) electrons. The number of hydrogen-bond donors (Lipinski definition) is 1. The van der Waals surface area contributed by atoms with Gasteiger partial charge < -0.3 is 24.9 Å². The smallest absolute Gasteiger partial charge is 0.550 e. The Hall–Kier alpha value is -2.19. The zero-order valence-electron chi connectivity index (χ0n) is 19.3. The Morgan fingerprint density at radius 1 is 1.09 bits per heavy atom. The third kappa shape index (κ3) is 7.15. The summed E-state index contributed by atoms with van der Waals surface area (Å²) in [6.45, 7) is 2.95. The van der Waals surface area contributed by atoms with Crippen LogP contribution in [0.2, 0.25) is 0 Å². The van der Waals surface area contributed by atoms with Crippen molar-refractivity contribution in [1.29, 1.82) is 0 Å². The number of anilines is 2. The van der Waals surface area contributed by atoms with E-state index in [-0.39, 0.29) is 42.4 Å². The van der Waals surface area contributed by atoms with Gasteiger partial charge in [0.25, 0.3) is 0 Å². The van der Waals surface area contributed by atoms with Crippen LogP contribution in [0, 0.1) is 5.82 Å². The molecule has 0 bridgehead atoms. The van der Waals surface area contributed by atoms with E-state index in [9.17, 15) is 14.3 Å². The summed E-state index contributed by atoms with van der Waals surface area (Å²) in [4.78, 5) is 14.2. The van der Waals surface area contributed by atoms with E-state index in [0.29, 0.717) is 24.4 Å². The molecule has 4 rings (SSSR count). The number of carboxylic acids is 1. The standard InChI is InChI=1S/C26H27FN2O3S.Na/c27-23-17-21(11-9-19(23)10-12-25(30)31)28-18-20-5-4-8-24-26(20)33-16-14-29(24)13-15-32-22-6-2-1-3-7-22;/h1-9,11,17,28H,10,12-16,18H2,(H,30,31);/q;+1/p-1. The number of thioether (sulfide) groups is 1. The molecule has 34 heavy (non-hydrogen) atoms. The molecule has 1 heterocycles. The first-order valence-corrected chi connectivity index (χ1v) is 12.0. The Balaban J connectivity index is 0.00000324. The molecular formula is C26H26FN2NaO3S. The summed E-state index contributed by atoms with van der Waals surface area (Å²) in [7, 11) is 0. The van der Waals surface area contributed by atoms with Crippen molar-refractivity contribution in [2.75, 3.05) is 35.7 Å². The molecule has 0 spiro atoms. The number of benzene rings is 3. The second-order valence-electron chi connectivity index (χ2n) is 7.79. The van der Waals surface area contributed by atoms with Crippen LogP contribution in [0.4, 0.5) is 15.8 Å². The average molecular weight is 489 g/mol. The minimum atomic E-state index is -1.18. The van der Waals surface area contributed by atoms with Crippen LogP contribution in [0.3, 0.4) is 0 Å². The first-order valence-electron chi connectivity index (χ1n) is 11.0. The molecule has 172 valence electrons. The van der Waals surface area contributed by atoms with Crippen molar-refractivity contribution in [3.63, 3.8) is 0 Å². The summed E-state index contributed by atoms with van der Waals surface area (Å²) in [6.07, 6.45) is -0.0644. The number of nitrogens with zero attached hydrogens (tertiary/aromatic N) is 1. The molecule has 3 aromatic carbocycles. The Bertz CT molecular complexity index is 1100. The molecule has 5 nitrogen and oxygen atoms in total. The van der Waals surface area contributed by atoms with Crippen LogP contribution >= 0.6 is 11.8 Å². The Labute approximate surface area is 226 Å². The quantitative estimate of drug-likeness (QED) is 0.432. The third-order valence-electron chi connectivity index (χ3n) is 5.53. The van der Waals surface area contributed by atoms with Gasteiger partial charge in [0.1, 0.15) is 18.2 Å². The Morgan fingerprint density at radius 3 is 2.68 bits per heavy atom. The van der Waals surface area contributed by atoms with Crippen LogP contribution in [0.15, 0.2) is 71.6 Å². The van der Waals surface area contributed by atoms with E-state index in [0.717, 1.165) is 30.2 Å². The summed E-state index contributed by atoms with van der Waals surface area (Å²) in [5, 5.41) is 13.9. The molecule has 0 saturated carbocycles. The number of aryl methyl sites for hydroxylation is 1. The van der Waals surface area contributed by atoms with Gasteiger partial charge in [0.2, 0.25) is 0 Å². The molecule has 8 heteroatoms. The first-order chi connectivity index (χ1) is 16.1. The normalized spacial score (nSPS) is 12.4. The van der Waals surface area contributed by atoms with Gasteiger partial charge in [-0.1, -0.05) is 36.4 Å². The first kappa shape index (κ1) is 26.4. The largest absolute Gasteiger partial charge is 1.00 e. The van der Waals surface area contributed by atoms with Crippen molar-refractivity contribution in [2.24, 2.45) is 0 Å². The number of halogens is 1. The number of carbonyl (C=O) groups excluding carboxylic acids is 1. The molecular weight excluding hydrogens is 462 g/mol. The summed E-state index contributed by atoms with van der Waals surface area (Å²) in [5.41, 5.74) is 3.40. The molecule has 1 N–H and O–H groups in total. The number of aliphatic carboxylic acids is 1. The molecule has 0 atom stereocenters. The van der Waals surface area contributed by atoms with E-state index in [1.54, 1.807) is 12.1 Å². The topological polar surface area (TPSA) is 64.6 Å². The Kier molecular flexibility index (Phi) is 10.1. The van der Waals surface area contributed by atoms with Crippen LogP contribution in [0.1, 0.15) is 17.5 Å².